The topological polar surface area (TPSA) is 101 Å². The quantitative estimate of drug-likeness (QED) is 0.307. The standard InChI is InChI=1S/C29H34O8S/c1-28(30)24(36-27(34-3)25(26(28)33-2)37-38(4,31)32)20-35-29(21-14-8-5-9-15-21,22-16-10-6-11-17-22)23-18-12-7-13-19-23/h5-19,24-27,30H,20H2,1-4H3/t24-,25-,26-,27+,28-/m1/s1. The Morgan fingerprint density at radius 1 is 0.842 bits per heavy atom. The predicted octanol–water partition coefficient (Wildman–Crippen LogP) is 3.48. The molecule has 9 heteroatoms. The Balaban J connectivity index is 1.77. The Kier molecular flexibility index (Phi) is 8.68. The molecule has 38 heavy (non-hydrogen) atoms. The molecule has 0 bridgehead atoms. The second-order valence-corrected chi connectivity index (χ2v) is 11.1. The van der Waals surface area contributed by atoms with Crippen LogP contribution >= 0.6 is 0 Å². The van der Waals surface area contributed by atoms with Crippen LogP contribution in [-0.4, -0.2) is 70.8 Å². The number of rotatable bonds is 10. The molecule has 3 aromatic rings. The molecule has 1 aliphatic rings. The summed E-state index contributed by atoms with van der Waals surface area (Å²) in [6, 6.07) is 29.4. The summed E-state index contributed by atoms with van der Waals surface area (Å²) in [6.07, 6.45) is -3.50. The van der Waals surface area contributed by atoms with Gasteiger partial charge in [-0.15, -0.1) is 0 Å². The highest BCUT2D eigenvalue weighted by atomic mass is 32.2. The third-order valence-electron chi connectivity index (χ3n) is 6.86. The molecular weight excluding hydrogens is 508 g/mol. The van der Waals surface area contributed by atoms with Gasteiger partial charge >= 0.3 is 0 Å². The van der Waals surface area contributed by atoms with E-state index in [9.17, 15) is 13.5 Å². The van der Waals surface area contributed by atoms with E-state index in [-0.39, 0.29) is 6.61 Å². The Bertz CT molecular complexity index is 1170. The van der Waals surface area contributed by atoms with E-state index in [1.807, 2.05) is 91.0 Å². The first kappa shape index (κ1) is 28.4. The molecule has 204 valence electrons. The summed E-state index contributed by atoms with van der Waals surface area (Å²) < 4.78 is 53.0. The van der Waals surface area contributed by atoms with Crippen LogP contribution in [0.5, 0.6) is 0 Å². The molecule has 0 amide bonds. The summed E-state index contributed by atoms with van der Waals surface area (Å²) in [5.74, 6) is 0. The molecule has 0 aromatic heterocycles. The zero-order valence-electron chi connectivity index (χ0n) is 21.9. The van der Waals surface area contributed by atoms with Crippen molar-refractivity contribution >= 4 is 10.1 Å². The van der Waals surface area contributed by atoms with Crippen LogP contribution in [0.25, 0.3) is 0 Å². The van der Waals surface area contributed by atoms with E-state index in [1.165, 1.54) is 21.1 Å². The fraction of sp³-hybridized carbons (Fsp3) is 0.379. The number of methoxy groups -OCH3 is 2. The SMILES string of the molecule is CO[C@H]1O[C@H](COC(c2ccccc2)(c2ccccc2)c2ccccc2)[C@@](C)(O)[C@H](OC)[C@H]1OS(C)(=O)=O. The van der Waals surface area contributed by atoms with Gasteiger partial charge in [0.05, 0.1) is 12.9 Å². The molecule has 3 aromatic carbocycles. The largest absolute Gasteiger partial charge is 0.385 e. The minimum absolute atomic E-state index is 0.0863. The second-order valence-electron chi connectivity index (χ2n) is 9.47. The molecule has 0 unspecified atom stereocenters. The molecule has 4 rings (SSSR count). The van der Waals surface area contributed by atoms with E-state index < -0.39 is 45.9 Å². The van der Waals surface area contributed by atoms with Gasteiger partial charge in [-0.1, -0.05) is 91.0 Å². The van der Waals surface area contributed by atoms with Crippen molar-refractivity contribution in [2.75, 3.05) is 27.1 Å². The van der Waals surface area contributed by atoms with Crippen molar-refractivity contribution in [1.82, 2.24) is 0 Å². The van der Waals surface area contributed by atoms with Crippen molar-refractivity contribution in [3.05, 3.63) is 108 Å². The van der Waals surface area contributed by atoms with Crippen LogP contribution in [0.1, 0.15) is 23.6 Å². The van der Waals surface area contributed by atoms with Crippen LogP contribution in [0.2, 0.25) is 0 Å². The van der Waals surface area contributed by atoms with Crippen LogP contribution < -0.4 is 0 Å². The fourth-order valence-corrected chi connectivity index (χ4v) is 5.67. The third-order valence-corrected chi connectivity index (χ3v) is 7.43. The molecular formula is C29H34O8S. The normalized spacial score (nSPS) is 26.2. The minimum Gasteiger partial charge on any atom is -0.385 e. The lowest BCUT2D eigenvalue weighted by Gasteiger charge is -2.49. The zero-order chi connectivity index (χ0) is 27.4. The first-order chi connectivity index (χ1) is 18.1. The fourth-order valence-electron chi connectivity index (χ4n) is 5.07. The highest BCUT2D eigenvalue weighted by Gasteiger charge is 2.56. The lowest BCUT2D eigenvalue weighted by atomic mass is 9.79. The predicted molar refractivity (Wildman–Crippen MR) is 142 cm³/mol. The Morgan fingerprint density at radius 2 is 1.29 bits per heavy atom. The first-order valence-corrected chi connectivity index (χ1v) is 14.1. The van der Waals surface area contributed by atoms with Gasteiger partial charge in [-0.05, 0) is 23.6 Å². The van der Waals surface area contributed by atoms with Crippen molar-refractivity contribution in [3.8, 4) is 0 Å². The van der Waals surface area contributed by atoms with E-state index in [1.54, 1.807) is 0 Å². The Hall–Kier alpha value is -2.63. The molecule has 0 spiro atoms. The van der Waals surface area contributed by atoms with Gasteiger partial charge < -0.3 is 24.1 Å². The molecule has 0 saturated carbocycles. The molecule has 1 saturated heterocycles. The number of hydrogen-bond acceptors (Lipinski definition) is 8. The van der Waals surface area contributed by atoms with E-state index >= 15 is 0 Å². The van der Waals surface area contributed by atoms with E-state index in [4.69, 9.17) is 23.1 Å². The van der Waals surface area contributed by atoms with Crippen molar-refractivity contribution in [3.63, 3.8) is 0 Å². The maximum atomic E-state index is 11.9. The van der Waals surface area contributed by atoms with Gasteiger partial charge in [0.15, 0.2) is 12.4 Å². The number of hydrogen-bond donors (Lipinski definition) is 1. The highest BCUT2D eigenvalue weighted by Crippen LogP contribution is 2.42. The lowest BCUT2D eigenvalue weighted by molar-refractivity contribution is -0.324. The van der Waals surface area contributed by atoms with Gasteiger partial charge in [-0.25, -0.2) is 0 Å². The minimum atomic E-state index is -3.90. The summed E-state index contributed by atoms with van der Waals surface area (Å²) in [5.41, 5.74) is -0.0863. The summed E-state index contributed by atoms with van der Waals surface area (Å²) in [4.78, 5) is 0. The third kappa shape index (κ3) is 5.69. The van der Waals surface area contributed by atoms with Gasteiger partial charge in [0.25, 0.3) is 10.1 Å². The van der Waals surface area contributed by atoms with Gasteiger partial charge in [0.2, 0.25) is 0 Å². The van der Waals surface area contributed by atoms with E-state index in [2.05, 4.69) is 0 Å². The molecule has 1 N–H and O–H groups in total. The summed E-state index contributed by atoms with van der Waals surface area (Å²) in [7, 11) is -1.16. The van der Waals surface area contributed by atoms with Gasteiger partial charge in [-0.2, -0.15) is 8.42 Å². The van der Waals surface area contributed by atoms with Gasteiger partial charge in [0.1, 0.15) is 23.4 Å². The maximum absolute atomic E-state index is 11.9. The molecule has 5 atom stereocenters. The molecule has 0 radical (unpaired) electrons. The van der Waals surface area contributed by atoms with Crippen LogP contribution in [0, 0.1) is 0 Å². The number of aliphatic hydroxyl groups is 1. The molecule has 8 nitrogen and oxygen atoms in total. The number of ether oxygens (including phenoxy) is 4. The average Bonchev–Trinajstić information content (AvgIpc) is 2.91. The van der Waals surface area contributed by atoms with Crippen LogP contribution in [0.15, 0.2) is 91.0 Å². The van der Waals surface area contributed by atoms with Crippen molar-refractivity contribution in [2.24, 2.45) is 0 Å². The number of benzene rings is 3. The smallest absolute Gasteiger partial charge is 0.264 e. The average molecular weight is 543 g/mol. The van der Waals surface area contributed by atoms with Crippen LogP contribution in [0.4, 0.5) is 0 Å². The van der Waals surface area contributed by atoms with E-state index in [0.717, 1.165) is 22.9 Å². The lowest BCUT2D eigenvalue weighted by Crippen LogP contribution is -2.67. The zero-order valence-corrected chi connectivity index (χ0v) is 22.7. The molecule has 1 heterocycles. The van der Waals surface area contributed by atoms with Gasteiger partial charge in [0, 0.05) is 14.2 Å². The molecule has 0 aliphatic carbocycles. The summed E-state index contributed by atoms with van der Waals surface area (Å²) in [5, 5.41) is 11.6. The molecule has 1 aliphatic heterocycles. The monoisotopic (exact) mass is 542 g/mol. The Morgan fingerprint density at radius 3 is 1.66 bits per heavy atom. The maximum Gasteiger partial charge on any atom is 0.264 e. The van der Waals surface area contributed by atoms with Crippen LogP contribution in [0.3, 0.4) is 0 Å². The van der Waals surface area contributed by atoms with Gasteiger partial charge in [-0.3, -0.25) is 4.18 Å². The van der Waals surface area contributed by atoms with Crippen molar-refractivity contribution in [2.45, 2.75) is 42.7 Å². The van der Waals surface area contributed by atoms with Crippen molar-refractivity contribution < 1.29 is 36.7 Å². The van der Waals surface area contributed by atoms with Crippen LogP contribution in [-0.2, 0) is 38.8 Å². The Labute approximate surface area is 224 Å². The highest BCUT2D eigenvalue weighted by molar-refractivity contribution is 7.86. The van der Waals surface area contributed by atoms with Crippen molar-refractivity contribution in [1.29, 1.82) is 0 Å². The summed E-state index contributed by atoms with van der Waals surface area (Å²) >= 11 is 0. The summed E-state index contributed by atoms with van der Waals surface area (Å²) in [6.45, 7) is 1.42. The first-order valence-electron chi connectivity index (χ1n) is 12.3. The second kappa shape index (κ2) is 11.6. The van der Waals surface area contributed by atoms with E-state index in [0.29, 0.717) is 0 Å². The molecule has 1 fully saturated rings.